The van der Waals surface area contributed by atoms with Crippen LogP contribution in [-0.4, -0.2) is 0 Å². The first-order valence-corrected chi connectivity index (χ1v) is 4.06. The third-order valence-corrected chi connectivity index (χ3v) is 1.91. The normalized spacial score (nSPS) is 12.9. The standard InChI is InChI=1S/C9H12F2N2/c1-2-8(13)9-6(10)3-5(12)4-7(9)11/h3-4,8H,2,12-13H2,1H3/t8-/m1/s1. The Morgan fingerprint density at radius 1 is 1.31 bits per heavy atom. The molecule has 0 fully saturated rings. The van der Waals surface area contributed by atoms with E-state index in [1.165, 1.54) is 0 Å². The van der Waals surface area contributed by atoms with Gasteiger partial charge < -0.3 is 11.5 Å². The van der Waals surface area contributed by atoms with E-state index in [4.69, 9.17) is 11.5 Å². The summed E-state index contributed by atoms with van der Waals surface area (Å²) in [5.41, 5.74) is 10.8. The van der Waals surface area contributed by atoms with Crippen LogP contribution in [0.1, 0.15) is 24.9 Å². The van der Waals surface area contributed by atoms with E-state index in [1.54, 1.807) is 6.92 Å². The summed E-state index contributed by atoms with van der Waals surface area (Å²) in [6.45, 7) is 1.76. The minimum atomic E-state index is -0.674. The second kappa shape index (κ2) is 3.70. The summed E-state index contributed by atoms with van der Waals surface area (Å²) in [7, 11) is 0. The van der Waals surface area contributed by atoms with Crippen molar-refractivity contribution >= 4 is 5.69 Å². The molecule has 0 amide bonds. The molecule has 0 unspecified atom stereocenters. The third-order valence-electron chi connectivity index (χ3n) is 1.91. The number of hydrogen-bond donors (Lipinski definition) is 2. The fraction of sp³-hybridized carbons (Fsp3) is 0.333. The Balaban J connectivity index is 3.20. The second-order valence-corrected chi connectivity index (χ2v) is 2.91. The van der Waals surface area contributed by atoms with Crippen LogP contribution in [0.3, 0.4) is 0 Å². The molecule has 13 heavy (non-hydrogen) atoms. The molecule has 0 spiro atoms. The van der Waals surface area contributed by atoms with Crippen molar-refractivity contribution in [2.24, 2.45) is 5.73 Å². The van der Waals surface area contributed by atoms with Gasteiger partial charge in [0.25, 0.3) is 0 Å². The Labute approximate surface area is 75.5 Å². The predicted molar refractivity (Wildman–Crippen MR) is 48.0 cm³/mol. The Hall–Kier alpha value is -1.16. The van der Waals surface area contributed by atoms with Crippen molar-refractivity contribution < 1.29 is 8.78 Å². The molecule has 0 aliphatic carbocycles. The molecular formula is C9H12F2N2. The molecule has 0 aliphatic rings. The van der Waals surface area contributed by atoms with E-state index in [9.17, 15) is 8.78 Å². The quantitative estimate of drug-likeness (QED) is 0.693. The SMILES string of the molecule is CC[C@@H](N)c1c(F)cc(N)cc1F. The van der Waals surface area contributed by atoms with Crippen molar-refractivity contribution in [1.29, 1.82) is 0 Å². The van der Waals surface area contributed by atoms with E-state index < -0.39 is 17.7 Å². The van der Waals surface area contributed by atoms with Crippen LogP contribution in [0, 0.1) is 11.6 Å². The van der Waals surface area contributed by atoms with Crippen LogP contribution in [0.15, 0.2) is 12.1 Å². The fourth-order valence-electron chi connectivity index (χ4n) is 1.16. The van der Waals surface area contributed by atoms with Gasteiger partial charge in [-0.3, -0.25) is 0 Å². The molecule has 0 bridgehead atoms. The van der Waals surface area contributed by atoms with Gasteiger partial charge in [-0.05, 0) is 18.6 Å². The highest BCUT2D eigenvalue weighted by Crippen LogP contribution is 2.23. The summed E-state index contributed by atoms with van der Waals surface area (Å²) in [5, 5.41) is 0. The molecule has 4 heteroatoms. The molecule has 2 nitrogen and oxygen atoms in total. The summed E-state index contributed by atoms with van der Waals surface area (Å²) < 4.78 is 26.3. The molecule has 1 atom stereocenters. The van der Waals surface area contributed by atoms with Gasteiger partial charge in [0.15, 0.2) is 0 Å². The Kier molecular flexibility index (Phi) is 2.83. The first-order chi connectivity index (χ1) is 6.06. The van der Waals surface area contributed by atoms with Crippen molar-refractivity contribution in [3.05, 3.63) is 29.3 Å². The van der Waals surface area contributed by atoms with Crippen LogP contribution in [0.5, 0.6) is 0 Å². The molecule has 1 rings (SSSR count). The van der Waals surface area contributed by atoms with Gasteiger partial charge in [0.05, 0.1) is 0 Å². The first kappa shape index (κ1) is 9.92. The topological polar surface area (TPSA) is 52.0 Å². The van der Waals surface area contributed by atoms with Crippen molar-refractivity contribution in [3.8, 4) is 0 Å². The van der Waals surface area contributed by atoms with Crippen LogP contribution in [-0.2, 0) is 0 Å². The highest BCUT2D eigenvalue weighted by molar-refractivity contribution is 5.42. The number of halogens is 2. The highest BCUT2D eigenvalue weighted by Gasteiger charge is 2.15. The van der Waals surface area contributed by atoms with Gasteiger partial charge in [-0.2, -0.15) is 0 Å². The Morgan fingerprint density at radius 3 is 2.15 bits per heavy atom. The molecule has 0 radical (unpaired) electrons. The summed E-state index contributed by atoms with van der Waals surface area (Å²) in [5.74, 6) is -1.35. The molecular weight excluding hydrogens is 174 g/mol. The summed E-state index contributed by atoms with van der Waals surface area (Å²) >= 11 is 0. The third kappa shape index (κ3) is 1.95. The van der Waals surface area contributed by atoms with E-state index in [-0.39, 0.29) is 11.3 Å². The molecule has 1 aromatic carbocycles. The van der Waals surface area contributed by atoms with Gasteiger partial charge in [-0.1, -0.05) is 6.92 Å². The minimum Gasteiger partial charge on any atom is -0.399 e. The average Bonchev–Trinajstić information content (AvgIpc) is 2.02. The summed E-state index contributed by atoms with van der Waals surface area (Å²) in [6.07, 6.45) is 0.484. The van der Waals surface area contributed by atoms with E-state index in [1.807, 2.05) is 0 Å². The highest BCUT2D eigenvalue weighted by atomic mass is 19.1. The number of rotatable bonds is 2. The first-order valence-electron chi connectivity index (χ1n) is 4.06. The molecule has 0 heterocycles. The second-order valence-electron chi connectivity index (χ2n) is 2.91. The number of nitrogens with two attached hydrogens (primary N) is 2. The van der Waals surface area contributed by atoms with Crippen LogP contribution in [0.25, 0.3) is 0 Å². The van der Waals surface area contributed by atoms with Crippen molar-refractivity contribution in [1.82, 2.24) is 0 Å². The lowest BCUT2D eigenvalue weighted by Crippen LogP contribution is -2.13. The number of anilines is 1. The van der Waals surface area contributed by atoms with E-state index in [0.29, 0.717) is 6.42 Å². The Bertz CT molecular complexity index is 289. The molecule has 0 saturated heterocycles. The smallest absolute Gasteiger partial charge is 0.132 e. The van der Waals surface area contributed by atoms with Gasteiger partial charge in [0, 0.05) is 17.3 Å². The number of hydrogen-bond acceptors (Lipinski definition) is 2. The van der Waals surface area contributed by atoms with Gasteiger partial charge in [0.1, 0.15) is 11.6 Å². The van der Waals surface area contributed by atoms with Crippen LogP contribution in [0.2, 0.25) is 0 Å². The van der Waals surface area contributed by atoms with Gasteiger partial charge in [0.2, 0.25) is 0 Å². The maximum atomic E-state index is 13.1. The fourth-order valence-corrected chi connectivity index (χ4v) is 1.16. The van der Waals surface area contributed by atoms with Crippen molar-refractivity contribution in [3.63, 3.8) is 0 Å². The van der Waals surface area contributed by atoms with Gasteiger partial charge in [-0.25, -0.2) is 8.78 Å². The lowest BCUT2D eigenvalue weighted by molar-refractivity contribution is 0.521. The zero-order valence-electron chi connectivity index (χ0n) is 7.35. The molecule has 4 N–H and O–H groups in total. The lowest BCUT2D eigenvalue weighted by Gasteiger charge is -2.11. The predicted octanol–water partition coefficient (Wildman–Crippen LogP) is 1.96. The Morgan fingerprint density at radius 2 is 1.77 bits per heavy atom. The van der Waals surface area contributed by atoms with Crippen molar-refractivity contribution in [2.75, 3.05) is 5.73 Å². The van der Waals surface area contributed by atoms with Gasteiger partial charge in [-0.15, -0.1) is 0 Å². The molecule has 0 aliphatic heterocycles. The summed E-state index contributed by atoms with van der Waals surface area (Å²) in [4.78, 5) is 0. The zero-order chi connectivity index (χ0) is 10.0. The zero-order valence-corrected chi connectivity index (χ0v) is 7.35. The largest absolute Gasteiger partial charge is 0.399 e. The average molecular weight is 186 g/mol. The lowest BCUT2D eigenvalue weighted by atomic mass is 10.0. The van der Waals surface area contributed by atoms with Crippen LogP contribution < -0.4 is 11.5 Å². The minimum absolute atomic E-state index is 0.0713. The monoisotopic (exact) mass is 186 g/mol. The maximum Gasteiger partial charge on any atom is 0.132 e. The summed E-state index contributed by atoms with van der Waals surface area (Å²) in [6, 6.07) is 1.54. The van der Waals surface area contributed by atoms with Crippen LogP contribution >= 0.6 is 0 Å². The van der Waals surface area contributed by atoms with Crippen LogP contribution in [0.4, 0.5) is 14.5 Å². The van der Waals surface area contributed by atoms with Crippen molar-refractivity contribution in [2.45, 2.75) is 19.4 Å². The van der Waals surface area contributed by atoms with Gasteiger partial charge >= 0.3 is 0 Å². The molecule has 1 aromatic rings. The molecule has 72 valence electrons. The number of nitrogen functional groups attached to an aromatic ring is 1. The maximum absolute atomic E-state index is 13.1. The number of benzene rings is 1. The molecule has 0 saturated carbocycles. The van der Waals surface area contributed by atoms with E-state index >= 15 is 0 Å². The van der Waals surface area contributed by atoms with E-state index in [0.717, 1.165) is 12.1 Å². The van der Waals surface area contributed by atoms with E-state index in [2.05, 4.69) is 0 Å². The molecule has 0 aromatic heterocycles.